The molecule has 2 aromatic heterocycles. The number of benzene rings is 1. The van der Waals surface area contributed by atoms with Gasteiger partial charge in [0.15, 0.2) is 5.78 Å². The normalized spacial score (nSPS) is 18.6. The number of ketones is 1. The Morgan fingerprint density at radius 2 is 1.55 bits per heavy atom. The number of rotatable bonds is 4. The van der Waals surface area contributed by atoms with Crippen LogP contribution in [0.15, 0.2) is 48.8 Å². The maximum absolute atomic E-state index is 13.0. The number of carbonyl (C=O) groups is 1. The summed E-state index contributed by atoms with van der Waals surface area (Å²) in [5, 5.41) is 3.13. The van der Waals surface area contributed by atoms with Crippen LogP contribution in [0.4, 0.5) is 17.7 Å². The van der Waals surface area contributed by atoms with Gasteiger partial charge in [0, 0.05) is 52.0 Å². The van der Waals surface area contributed by atoms with Crippen LogP contribution < -0.4 is 15.1 Å². The molecule has 0 saturated carbocycles. The van der Waals surface area contributed by atoms with Gasteiger partial charge in [0.1, 0.15) is 5.82 Å². The molecule has 1 fully saturated rings. The van der Waals surface area contributed by atoms with Gasteiger partial charge in [0.25, 0.3) is 0 Å². The van der Waals surface area contributed by atoms with Crippen LogP contribution in [0.3, 0.4) is 0 Å². The van der Waals surface area contributed by atoms with Crippen LogP contribution in [-0.4, -0.2) is 58.9 Å². The van der Waals surface area contributed by atoms with E-state index in [0.29, 0.717) is 23.8 Å². The van der Waals surface area contributed by atoms with Crippen LogP contribution in [0.2, 0.25) is 0 Å². The molecule has 0 unspecified atom stereocenters. The van der Waals surface area contributed by atoms with Crippen molar-refractivity contribution in [3.05, 3.63) is 65.6 Å². The van der Waals surface area contributed by atoms with Crippen molar-refractivity contribution in [3.63, 3.8) is 0 Å². The number of piperazine rings is 1. The molecule has 0 bridgehead atoms. The number of nitrogens with zero attached hydrogens (tertiary/aromatic N) is 6. The minimum absolute atomic E-state index is 0.108. The number of carbonyl (C=O) groups excluding carboxylic acids is 1. The average Bonchev–Trinajstić information content (AvgIpc) is 2.84. The molecule has 3 aromatic rings. The topological polar surface area (TPSA) is 87.1 Å². The smallest absolute Gasteiger partial charge is 0.227 e. The first-order chi connectivity index (χ1) is 15.2. The Bertz CT molecular complexity index is 1070. The second-order valence-electron chi connectivity index (χ2n) is 7.91. The molecule has 8 nitrogen and oxygen atoms in total. The molecule has 8 heteroatoms. The van der Waals surface area contributed by atoms with Crippen LogP contribution in [0.1, 0.15) is 34.0 Å². The highest BCUT2D eigenvalue weighted by atomic mass is 16.1. The molecular formula is C23H25N7O. The number of hydrogen-bond donors (Lipinski definition) is 1. The number of nitrogens with one attached hydrogen (secondary N) is 1. The molecule has 1 aromatic carbocycles. The Labute approximate surface area is 181 Å². The maximum atomic E-state index is 13.0. The first kappa shape index (κ1) is 19.4. The van der Waals surface area contributed by atoms with E-state index in [9.17, 15) is 4.79 Å². The van der Waals surface area contributed by atoms with Gasteiger partial charge in [-0.25, -0.2) is 15.0 Å². The van der Waals surface area contributed by atoms with Crippen molar-refractivity contribution >= 4 is 23.5 Å². The van der Waals surface area contributed by atoms with E-state index in [0.717, 1.165) is 44.2 Å². The molecule has 1 aliphatic carbocycles. The van der Waals surface area contributed by atoms with E-state index in [4.69, 9.17) is 9.97 Å². The zero-order valence-corrected chi connectivity index (χ0v) is 17.5. The second-order valence-corrected chi connectivity index (χ2v) is 7.91. The van der Waals surface area contributed by atoms with Gasteiger partial charge in [-0.1, -0.05) is 30.3 Å². The van der Waals surface area contributed by atoms with Gasteiger partial charge < -0.3 is 15.1 Å². The molecule has 31 heavy (non-hydrogen) atoms. The molecular weight excluding hydrogens is 390 g/mol. The fourth-order valence-electron chi connectivity index (χ4n) is 4.41. The van der Waals surface area contributed by atoms with Crippen LogP contribution in [0.5, 0.6) is 0 Å². The van der Waals surface area contributed by atoms with Crippen LogP contribution in [-0.2, 0) is 6.42 Å². The standard InChI is InChI=1S/C23H25N7O/c1-24-21-20-18(14-17(15-19(20)31)16-6-3-2-4-7-16)27-23(28-21)30-12-10-29(11-13-30)22-25-8-5-9-26-22/h2-9,17H,10-15H2,1H3,(H,24,27,28)/t17-/m0/s1. The summed E-state index contributed by atoms with van der Waals surface area (Å²) in [6.07, 6.45) is 4.76. The summed E-state index contributed by atoms with van der Waals surface area (Å²) in [7, 11) is 1.81. The number of anilines is 3. The van der Waals surface area contributed by atoms with Crippen molar-refractivity contribution in [1.82, 2.24) is 19.9 Å². The number of hydrogen-bond acceptors (Lipinski definition) is 8. The molecule has 1 saturated heterocycles. The van der Waals surface area contributed by atoms with Crippen molar-refractivity contribution in [3.8, 4) is 0 Å². The third kappa shape index (κ3) is 3.81. The molecule has 2 aliphatic rings. The highest BCUT2D eigenvalue weighted by Crippen LogP contribution is 2.35. The lowest BCUT2D eigenvalue weighted by Gasteiger charge is -2.35. The summed E-state index contributed by atoms with van der Waals surface area (Å²) in [6, 6.07) is 12.1. The van der Waals surface area contributed by atoms with E-state index in [1.807, 2.05) is 31.3 Å². The molecule has 3 heterocycles. The van der Waals surface area contributed by atoms with E-state index in [-0.39, 0.29) is 11.7 Å². The summed E-state index contributed by atoms with van der Waals surface area (Å²) in [6.45, 7) is 3.14. The average molecular weight is 416 g/mol. The molecule has 1 aliphatic heterocycles. The van der Waals surface area contributed by atoms with E-state index in [1.54, 1.807) is 12.4 Å². The molecule has 1 atom stereocenters. The molecule has 0 radical (unpaired) electrons. The molecule has 158 valence electrons. The third-order valence-corrected chi connectivity index (χ3v) is 6.03. The predicted octanol–water partition coefficient (Wildman–Crippen LogP) is 2.55. The number of Topliss-reactive ketones (excluding diaryl/α,β-unsaturated/α-hetero) is 1. The fourth-order valence-corrected chi connectivity index (χ4v) is 4.41. The second kappa shape index (κ2) is 8.29. The fraction of sp³-hybridized carbons (Fsp3) is 0.348. The van der Waals surface area contributed by atoms with Crippen molar-refractivity contribution in [2.24, 2.45) is 0 Å². The predicted molar refractivity (Wildman–Crippen MR) is 120 cm³/mol. The number of aromatic nitrogens is 4. The van der Waals surface area contributed by atoms with Gasteiger partial charge in [-0.05, 0) is 24.0 Å². The highest BCUT2D eigenvalue weighted by Gasteiger charge is 2.32. The van der Waals surface area contributed by atoms with Crippen molar-refractivity contribution in [1.29, 1.82) is 0 Å². The minimum atomic E-state index is 0.108. The van der Waals surface area contributed by atoms with Gasteiger partial charge >= 0.3 is 0 Å². The van der Waals surface area contributed by atoms with Crippen LogP contribution >= 0.6 is 0 Å². The lowest BCUT2D eigenvalue weighted by molar-refractivity contribution is 0.0963. The molecule has 5 rings (SSSR count). The summed E-state index contributed by atoms with van der Waals surface area (Å²) < 4.78 is 0. The van der Waals surface area contributed by atoms with Crippen LogP contribution in [0, 0.1) is 0 Å². The first-order valence-corrected chi connectivity index (χ1v) is 10.7. The van der Waals surface area contributed by atoms with E-state index in [1.165, 1.54) is 5.56 Å². The summed E-state index contributed by atoms with van der Waals surface area (Å²) >= 11 is 0. The van der Waals surface area contributed by atoms with Gasteiger partial charge in [-0.15, -0.1) is 0 Å². The lowest BCUT2D eigenvalue weighted by atomic mass is 9.82. The summed E-state index contributed by atoms with van der Waals surface area (Å²) in [5.74, 6) is 2.32. The molecule has 1 N–H and O–H groups in total. The first-order valence-electron chi connectivity index (χ1n) is 10.7. The van der Waals surface area contributed by atoms with Crippen molar-refractivity contribution in [2.45, 2.75) is 18.8 Å². The summed E-state index contributed by atoms with van der Waals surface area (Å²) in [5.41, 5.74) is 2.67. The van der Waals surface area contributed by atoms with Gasteiger partial charge in [-0.2, -0.15) is 4.98 Å². The quantitative estimate of drug-likeness (QED) is 0.696. The third-order valence-electron chi connectivity index (χ3n) is 6.03. The Kier molecular flexibility index (Phi) is 5.19. The maximum Gasteiger partial charge on any atom is 0.227 e. The Hall–Kier alpha value is -3.55. The molecule has 0 spiro atoms. The zero-order valence-electron chi connectivity index (χ0n) is 17.5. The van der Waals surface area contributed by atoms with E-state index >= 15 is 0 Å². The van der Waals surface area contributed by atoms with Crippen molar-refractivity contribution in [2.75, 3.05) is 48.3 Å². The SMILES string of the molecule is CNc1nc(N2CCN(c3ncccn3)CC2)nc2c1C(=O)C[C@@H](c1ccccc1)C2. The number of fused-ring (bicyclic) bond motifs is 1. The Morgan fingerprint density at radius 1 is 0.871 bits per heavy atom. The van der Waals surface area contributed by atoms with Gasteiger partial charge in [0.05, 0.1) is 11.3 Å². The van der Waals surface area contributed by atoms with E-state index in [2.05, 4.69) is 37.2 Å². The lowest BCUT2D eigenvalue weighted by Crippen LogP contribution is -2.48. The highest BCUT2D eigenvalue weighted by molar-refractivity contribution is 6.03. The van der Waals surface area contributed by atoms with Gasteiger partial charge in [0.2, 0.25) is 11.9 Å². The largest absolute Gasteiger partial charge is 0.372 e. The Morgan fingerprint density at radius 3 is 2.23 bits per heavy atom. The monoisotopic (exact) mass is 415 g/mol. The minimum Gasteiger partial charge on any atom is -0.372 e. The van der Waals surface area contributed by atoms with E-state index < -0.39 is 0 Å². The molecule has 0 amide bonds. The van der Waals surface area contributed by atoms with Gasteiger partial charge in [-0.3, -0.25) is 4.79 Å². The zero-order chi connectivity index (χ0) is 21.2. The Balaban J connectivity index is 1.40. The van der Waals surface area contributed by atoms with Crippen LogP contribution in [0.25, 0.3) is 0 Å². The van der Waals surface area contributed by atoms with Crippen molar-refractivity contribution < 1.29 is 4.79 Å². The summed E-state index contributed by atoms with van der Waals surface area (Å²) in [4.78, 5) is 35.6.